The Morgan fingerprint density at radius 3 is 2.53 bits per heavy atom. The highest BCUT2D eigenvalue weighted by Crippen LogP contribution is 2.31. The van der Waals surface area contributed by atoms with Crippen molar-refractivity contribution in [2.24, 2.45) is 0 Å². The van der Waals surface area contributed by atoms with E-state index in [1.807, 2.05) is 5.01 Å². The van der Waals surface area contributed by atoms with Gasteiger partial charge >= 0.3 is 6.18 Å². The van der Waals surface area contributed by atoms with Crippen LogP contribution in [0.3, 0.4) is 0 Å². The number of halogens is 3. The van der Waals surface area contributed by atoms with Crippen LogP contribution in [0.25, 0.3) is 0 Å². The molecule has 1 saturated heterocycles. The molecule has 4 nitrogen and oxygen atoms in total. The summed E-state index contributed by atoms with van der Waals surface area (Å²) in [5, 5.41) is 10.7. The summed E-state index contributed by atoms with van der Waals surface area (Å²) in [6.07, 6.45) is -4.44. The molecule has 0 spiro atoms. The van der Waals surface area contributed by atoms with Gasteiger partial charge in [-0.05, 0) is 18.2 Å². The predicted octanol–water partition coefficient (Wildman–Crippen LogP) is 2.24. The van der Waals surface area contributed by atoms with Crippen molar-refractivity contribution in [3.05, 3.63) is 29.3 Å². The van der Waals surface area contributed by atoms with E-state index < -0.39 is 11.7 Å². The summed E-state index contributed by atoms with van der Waals surface area (Å²) in [6.45, 7) is 2.34. The van der Waals surface area contributed by atoms with Crippen molar-refractivity contribution in [2.75, 3.05) is 31.7 Å². The van der Waals surface area contributed by atoms with Crippen LogP contribution in [0.4, 0.5) is 18.9 Å². The fourth-order valence-electron chi connectivity index (χ4n) is 1.76. The molecule has 7 heteroatoms. The van der Waals surface area contributed by atoms with Gasteiger partial charge in [-0.15, -0.1) is 0 Å². The normalized spacial score (nSPS) is 16.9. The van der Waals surface area contributed by atoms with E-state index in [4.69, 9.17) is 10.00 Å². The lowest BCUT2D eigenvalue weighted by Crippen LogP contribution is -2.40. The van der Waals surface area contributed by atoms with Crippen molar-refractivity contribution in [1.29, 1.82) is 5.26 Å². The Morgan fingerprint density at radius 1 is 1.26 bits per heavy atom. The van der Waals surface area contributed by atoms with Gasteiger partial charge in [-0.3, -0.25) is 0 Å². The van der Waals surface area contributed by atoms with Crippen LogP contribution in [0.2, 0.25) is 0 Å². The Bertz CT molecular complexity index is 490. The zero-order chi connectivity index (χ0) is 13.9. The maximum Gasteiger partial charge on any atom is 0.416 e. The molecule has 0 atom stereocenters. The topological polar surface area (TPSA) is 48.3 Å². The number of hydrazine groups is 1. The summed E-state index contributed by atoms with van der Waals surface area (Å²) in [5.41, 5.74) is 2.47. The molecule has 19 heavy (non-hydrogen) atoms. The van der Waals surface area contributed by atoms with Gasteiger partial charge in [-0.2, -0.15) is 18.4 Å². The third-order valence-electron chi connectivity index (χ3n) is 2.76. The van der Waals surface area contributed by atoms with Crippen molar-refractivity contribution in [3.8, 4) is 6.07 Å². The van der Waals surface area contributed by atoms with Crippen LogP contribution in [0.1, 0.15) is 11.1 Å². The molecule has 1 fully saturated rings. The molecule has 0 unspecified atom stereocenters. The molecule has 1 aliphatic rings. The van der Waals surface area contributed by atoms with E-state index in [1.165, 1.54) is 6.07 Å². The minimum atomic E-state index is -4.44. The number of hydrogen-bond donors (Lipinski definition) is 1. The molecule has 0 saturated carbocycles. The van der Waals surface area contributed by atoms with E-state index in [0.717, 1.165) is 12.1 Å². The molecule has 0 bridgehead atoms. The summed E-state index contributed by atoms with van der Waals surface area (Å²) in [6, 6.07) is 4.86. The number of morpholine rings is 1. The fourth-order valence-corrected chi connectivity index (χ4v) is 1.76. The van der Waals surface area contributed by atoms with Crippen LogP contribution in [0.5, 0.6) is 0 Å². The summed E-state index contributed by atoms with van der Waals surface area (Å²) < 4.78 is 42.8. The summed E-state index contributed by atoms with van der Waals surface area (Å²) in [5.74, 6) is 0. The van der Waals surface area contributed by atoms with Crippen LogP contribution in [0, 0.1) is 11.3 Å². The van der Waals surface area contributed by atoms with Crippen molar-refractivity contribution >= 4 is 5.69 Å². The minimum absolute atomic E-state index is 0.0266. The summed E-state index contributed by atoms with van der Waals surface area (Å²) in [7, 11) is 0. The third kappa shape index (κ3) is 3.36. The van der Waals surface area contributed by atoms with Gasteiger partial charge < -0.3 is 10.2 Å². The molecule has 1 heterocycles. The minimum Gasteiger partial charge on any atom is -0.379 e. The van der Waals surface area contributed by atoms with Crippen LogP contribution in [-0.2, 0) is 10.9 Å². The molecular formula is C12H12F3N3O. The molecule has 102 valence electrons. The van der Waals surface area contributed by atoms with Gasteiger partial charge in [0.1, 0.15) is 6.07 Å². The van der Waals surface area contributed by atoms with Gasteiger partial charge in [0.15, 0.2) is 0 Å². The zero-order valence-corrected chi connectivity index (χ0v) is 10.00. The lowest BCUT2D eigenvalue weighted by molar-refractivity contribution is -0.137. The van der Waals surface area contributed by atoms with Crippen molar-refractivity contribution in [1.82, 2.24) is 5.01 Å². The monoisotopic (exact) mass is 271 g/mol. The van der Waals surface area contributed by atoms with Crippen LogP contribution < -0.4 is 5.43 Å². The predicted molar refractivity (Wildman–Crippen MR) is 62.2 cm³/mol. The molecule has 1 aliphatic heterocycles. The first-order chi connectivity index (χ1) is 9.00. The van der Waals surface area contributed by atoms with Crippen molar-refractivity contribution in [3.63, 3.8) is 0 Å². The molecule has 2 rings (SSSR count). The Balaban J connectivity index is 2.19. The lowest BCUT2D eigenvalue weighted by Gasteiger charge is -2.28. The third-order valence-corrected chi connectivity index (χ3v) is 2.76. The molecule has 1 N–H and O–H groups in total. The Kier molecular flexibility index (Phi) is 3.93. The van der Waals surface area contributed by atoms with Gasteiger partial charge in [0.25, 0.3) is 0 Å². The van der Waals surface area contributed by atoms with Crippen molar-refractivity contribution < 1.29 is 17.9 Å². The van der Waals surface area contributed by atoms with Crippen LogP contribution in [0.15, 0.2) is 18.2 Å². The SMILES string of the molecule is N#Cc1cc(C(F)(F)F)ccc1NN1CCOCC1. The first-order valence-corrected chi connectivity index (χ1v) is 5.71. The highest BCUT2D eigenvalue weighted by Gasteiger charge is 2.31. The molecule has 1 aromatic rings. The molecule has 0 aromatic heterocycles. The van der Waals surface area contributed by atoms with E-state index in [9.17, 15) is 13.2 Å². The molecule has 0 aliphatic carbocycles. The zero-order valence-electron chi connectivity index (χ0n) is 10.00. The number of nitrogens with zero attached hydrogens (tertiary/aromatic N) is 2. The highest BCUT2D eigenvalue weighted by atomic mass is 19.4. The molecule has 0 amide bonds. The number of hydrogen-bond acceptors (Lipinski definition) is 4. The largest absolute Gasteiger partial charge is 0.416 e. The second-order valence-corrected chi connectivity index (χ2v) is 4.08. The average Bonchev–Trinajstić information content (AvgIpc) is 2.39. The van der Waals surface area contributed by atoms with E-state index in [1.54, 1.807) is 6.07 Å². The second kappa shape index (κ2) is 5.47. The number of benzene rings is 1. The first-order valence-electron chi connectivity index (χ1n) is 5.71. The van der Waals surface area contributed by atoms with Gasteiger partial charge in [0.05, 0.1) is 30.0 Å². The fraction of sp³-hybridized carbons (Fsp3) is 0.417. The van der Waals surface area contributed by atoms with E-state index in [2.05, 4.69) is 5.43 Å². The number of rotatable bonds is 2. The lowest BCUT2D eigenvalue weighted by atomic mass is 10.1. The first kappa shape index (κ1) is 13.6. The number of nitriles is 1. The number of nitrogens with one attached hydrogen (secondary N) is 1. The highest BCUT2D eigenvalue weighted by molar-refractivity contribution is 5.58. The Morgan fingerprint density at radius 2 is 1.95 bits per heavy atom. The summed E-state index contributed by atoms with van der Waals surface area (Å²) >= 11 is 0. The maximum absolute atomic E-state index is 12.5. The van der Waals surface area contributed by atoms with Gasteiger partial charge in [0, 0.05) is 13.1 Å². The second-order valence-electron chi connectivity index (χ2n) is 4.08. The van der Waals surface area contributed by atoms with Gasteiger partial charge in [-0.25, -0.2) is 5.01 Å². The summed E-state index contributed by atoms with van der Waals surface area (Å²) in [4.78, 5) is 0. The average molecular weight is 271 g/mol. The van der Waals surface area contributed by atoms with Crippen molar-refractivity contribution in [2.45, 2.75) is 6.18 Å². The molecule has 1 aromatic carbocycles. The quantitative estimate of drug-likeness (QED) is 0.896. The molecule has 0 radical (unpaired) electrons. The van der Waals surface area contributed by atoms with E-state index in [-0.39, 0.29) is 5.56 Å². The standard InChI is InChI=1S/C12H12F3N3O/c13-12(14,15)10-1-2-11(9(7-10)8-16)17-18-3-5-19-6-4-18/h1-2,7,17H,3-6H2. The van der Waals surface area contributed by atoms with E-state index in [0.29, 0.717) is 32.0 Å². The Labute approximate surface area is 108 Å². The van der Waals surface area contributed by atoms with Crippen LogP contribution in [-0.4, -0.2) is 31.3 Å². The Hall–Kier alpha value is -1.78. The number of anilines is 1. The number of alkyl halides is 3. The van der Waals surface area contributed by atoms with Gasteiger partial charge in [-0.1, -0.05) is 0 Å². The maximum atomic E-state index is 12.5. The van der Waals surface area contributed by atoms with Gasteiger partial charge in [0.2, 0.25) is 0 Å². The smallest absolute Gasteiger partial charge is 0.379 e. The number of ether oxygens (including phenoxy) is 1. The molecular weight excluding hydrogens is 259 g/mol. The van der Waals surface area contributed by atoms with Crippen LogP contribution >= 0.6 is 0 Å². The van der Waals surface area contributed by atoms with E-state index >= 15 is 0 Å².